The molecule has 28 heavy (non-hydrogen) atoms. The van der Waals surface area contributed by atoms with E-state index in [9.17, 15) is 9.59 Å². The van der Waals surface area contributed by atoms with Crippen molar-refractivity contribution in [3.8, 4) is 0 Å². The molecule has 0 bridgehead atoms. The Morgan fingerprint density at radius 2 is 1.89 bits per heavy atom. The maximum atomic E-state index is 12.4. The molecule has 0 aliphatic carbocycles. The Morgan fingerprint density at radius 1 is 1.21 bits per heavy atom. The first-order valence-electron chi connectivity index (χ1n) is 9.54. The molecular weight excluding hydrogens is 378 g/mol. The summed E-state index contributed by atoms with van der Waals surface area (Å²) in [7, 11) is 0. The summed E-state index contributed by atoms with van der Waals surface area (Å²) < 4.78 is 5.24. The molecule has 1 aromatic carbocycles. The number of halogens is 1. The third kappa shape index (κ3) is 5.36. The van der Waals surface area contributed by atoms with Gasteiger partial charge in [-0.15, -0.1) is 0 Å². The van der Waals surface area contributed by atoms with Gasteiger partial charge in [-0.25, -0.2) is 0 Å². The van der Waals surface area contributed by atoms with Crippen LogP contribution in [0.3, 0.4) is 0 Å². The lowest BCUT2D eigenvalue weighted by molar-refractivity contribution is -0.123. The number of furan rings is 1. The summed E-state index contributed by atoms with van der Waals surface area (Å²) in [5.41, 5.74) is 1.86. The average Bonchev–Trinajstić information content (AvgIpc) is 3.10. The van der Waals surface area contributed by atoms with Crippen molar-refractivity contribution in [3.63, 3.8) is 0 Å². The largest absolute Gasteiger partial charge is 0.459 e. The molecule has 0 radical (unpaired) electrons. The van der Waals surface area contributed by atoms with Gasteiger partial charge in [-0.3, -0.25) is 14.5 Å². The minimum Gasteiger partial charge on any atom is -0.459 e. The number of benzene rings is 1. The highest BCUT2D eigenvalue weighted by molar-refractivity contribution is 6.30. The Balaban J connectivity index is 1.41. The molecule has 150 valence electrons. The predicted molar refractivity (Wildman–Crippen MR) is 108 cm³/mol. The lowest BCUT2D eigenvalue weighted by Crippen LogP contribution is -2.47. The van der Waals surface area contributed by atoms with Crippen molar-refractivity contribution >= 4 is 23.4 Å². The van der Waals surface area contributed by atoms with Crippen LogP contribution in [0.4, 0.5) is 0 Å². The zero-order valence-electron chi connectivity index (χ0n) is 16.2. The maximum Gasteiger partial charge on any atom is 0.287 e. The fraction of sp³-hybridized carbons (Fsp3) is 0.429. The second-order valence-corrected chi connectivity index (χ2v) is 7.73. The summed E-state index contributed by atoms with van der Waals surface area (Å²) in [4.78, 5) is 26.7. The van der Waals surface area contributed by atoms with Crippen LogP contribution >= 0.6 is 11.6 Å². The van der Waals surface area contributed by atoms with E-state index in [1.54, 1.807) is 6.07 Å². The molecule has 6 nitrogen and oxygen atoms in total. The fourth-order valence-electron chi connectivity index (χ4n) is 3.42. The molecule has 3 rings (SSSR count). The molecule has 1 atom stereocenters. The molecule has 0 spiro atoms. The van der Waals surface area contributed by atoms with Crippen molar-refractivity contribution in [3.05, 3.63) is 58.5 Å². The summed E-state index contributed by atoms with van der Waals surface area (Å²) in [5, 5.41) is 6.73. The van der Waals surface area contributed by atoms with Gasteiger partial charge in [-0.2, -0.15) is 0 Å². The SMILES string of the molecule is Cc1ccoc1C(=O)NC1CCN(CC(=O)NC(C)c2ccc(Cl)cc2)CC1. The van der Waals surface area contributed by atoms with Gasteiger partial charge in [-0.05, 0) is 50.5 Å². The first kappa shape index (κ1) is 20.4. The quantitative estimate of drug-likeness (QED) is 0.775. The van der Waals surface area contributed by atoms with Crippen LogP contribution in [0.5, 0.6) is 0 Å². The Morgan fingerprint density at radius 3 is 2.50 bits per heavy atom. The number of piperidine rings is 1. The van der Waals surface area contributed by atoms with Crippen LogP contribution in [0, 0.1) is 6.92 Å². The van der Waals surface area contributed by atoms with Crippen LogP contribution in [0.15, 0.2) is 41.0 Å². The van der Waals surface area contributed by atoms with E-state index < -0.39 is 0 Å². The van der Waals surface area contributed by atoms with Gasteiger partial charge in [0.2, 0.25) is 5.91 Å². The molecule has 1 aliphatic rings. The van der Waals surface area contributed by atoms with E-state index in [1.165, 1.54) is 6.26 Å². The van der Waals surface area contributed by atoms with Gasteiger partial charge >= 0.3 is 0 Å². The number of likely N-dealkylation sites (tertiary alicyclic amines) is 1. The standard InChI is InChI=1S/C21H26ClN3O3/c1-14-9-12-28-20(14)21(27)24-18-7-10-25(11-8-18)13-19(26)23-15(2)16-3-5-17(22)6-4-16/h3-6,9,12,15,18H,7-8,10-11,13H2,1-2H3,(H,23,26)(H,24,27). The Bertz CT molecular complexity index is 811. The van der Waals surface area contributed by atoms with Gasteiger partial charge in [0.1, 0.15) is 0 Å². The van der Waals surface area contributed by atoms with Crippen LogP contribution in [-0.2, 0) is 4.79 Å². The smallest absolute Gasteiger partial charge is 0.287 e. The summed E-state index contributed by atoms with van der Waals surface area (Å²) in [5.74, 6) is 0.199. The van der Waals surface area contributed by atoms with Gasteiger partial charge < -0.3 is 15.1 Å². The number of carbonyl (C=O) groups is 2. The summed E-state index contributed by atoms with van der Waals surface area (Å²) in [6.07, 6.45) is 3.15. The first-order valence-corrected chi connectivity index (χ1v) is 9.92. The van der Waals surface area contributed by atoms with E-state index in [4.69, 9.17) is 16.0 Å². The van der Waals surface area contributed by atoms with Crippen LogP contribution in [0.1, 0.15) is 47.5 Å². The molecule has 1 fully saturated rings. The van der Waals surface area contributed by atoms with Gasteiger partial charge in [-0.1, -0.05) is 23.7 Å². The van der Waals surface area contributed by atoms with Crippen LogP contribution in [0.25, 0.3) is 0 Å². The second kappa shape index (κ2) is 9.26. The van der Waals surface area contributed by atoms with E-state index in [1.807, 2.05) is 38.1 Å². The van der Waals surface area contributed by atoms with Crippen molar-refractivity contribution in [2.75, 3.05) is 19.6 Å². The van der Waals surface area contributed by atoms with Crippen molar-refractivity contribution in [2.24, 2.45) is 0 Å². The third-order valence-electron chi connectivity index (χ3n) is 5.11. The molecule has 2 N–H and O–H groups in total. The lowest BCUT2D eigenvalue weighted by atomic mass is 10.0. The third-order valence-corrected chi connectivity index (χ3v) is 5.36. The van der Waals surface area contributed by atoms with Gasteiger partial charge in [0, 0.05) is 29.7 Å². The highest BCUT2D eigenvalue weighted by atomic mass is 35.5. The van der Waals surface area contributed by atoms with Crippen LogP contribution in [0.2, 0.25) is 5.02 Å². The lowest BCUT2D eigenvalue weighted by Gasteiger charge is -2.32. The van der Waals surface area contributed by atoms with Crippen molar-refractivity contribution in [1.82, 2.24) is 15.5 Å². The van der Waals surface area contributed by atoms with E-state index in [2.05, 4.69) is 15.5 Å². The summed E-state index contributed by atoms with van der Waals surface area (Å²) >= 11 is 5.91. The highest BCUT2D eigenvalue weighted by Gasteiger charge is 2.24. The summed E-state index contributed by atoms with van der Waals surface area (Å²) in [6.45, 7) is 5.70. The first-order chi connectivity index (χ1) is 13.4. The Hall–Kier alpha value is -2.31. The van der Waals surface area contributed by atoms with Crippen molar-refractivity contribution in [1.29, 1.82) is 0 Å². The Labute approximate surface area is 170 Å². The van der Waals surface area contributed by atoms with Crippen LogP contribution in [-0.4, -0.2) is 42.4 Å². The van der Waals surface area contributed by atoms with Gasteiger partial charge in [0.05, 0.1) is 18.8 Å². The maximum absolute atomic E-state index is 12.4. The average molecular weight is 404 g/mol. The molecule has 2 heterocycles. The number of rotatable bonds is 6. The minimum atomic E-state index is -0.171. The molecule has 7 heteroatoms. The normalized spacial score (nSPS) is 16.5. The number of nitrogens with one attached hydrogen (secondary N) is 2. The second-order valence-electron chi connectivity index (χ2n) is 7.30. The topological polar surface area (TPSA) is 74.6 Å². The zero-order chi connectivity index (χ0) is 20.1. The number of hydrogen-bond acceptors (Lipinski definition) is 4. The molecule has 1 unspecified atom stereocenters. The van der Waals surface area contributed by atoms with Crippen molar-refractivity contribution < 1.29 is 14.0 Å². The van der Waals surface area contributed by atoms with Gasteiger partial charge in [0.25, 0.3) is 5.91 Å². The Kier molecular flexibility index (Phi) is 6.75. The molecule has 2 amide bonds. The monoisotopic (exact) mass is 403 g/mol. The zero-order valence-corrected chi connectivity index (χ0v) is 17.0. The van der Waals surface area contributed by atoms with E-state index in [-0.39, 0.29) is 23.9 Å². The molecule has 1 aromatic heterocycles. The summed E-state index contributed by atoms with van der Waals surface area (Å²) in [6, 6.07) is 9.29. The van der Waals surface area contributed by atoms with Gasteiger partial charge in [0.15, 0.2) is 5.76 Å². The number of hydrogen-bond donors (Lipinski definition) is 2. The van der Waals surface area contributed by atoms with E-state index >= 15 is 0 Å². The number of amides is 2. The molecule has 2 aromatic rings. The molecule has 1 saturated heterocycles. The van der Waals surface area contributed by atoms with Crippen LogP contribution < -0.4 is 10.6 Å². The van der Waals surface area contributed by atoms with Crippen molar-refractivity contribution in [2.45, 2.75) is 38.8 Å². The molecule has 0 saturated carbocycles. The highest BCUT2D eigenvalue weighted by Crippen LogP contribution is 2.17. The molecular formula is C21H26ClN3O3. The minimum absolute atomic E-state index is 0.00357. The molecule has 1 aliphatic heterocycles. The predicted octanol–water partition coefficient (Wildman–Crippen LogP) is 3.31. The van der Waals surface area contributed by atoms with E-state index in [0.29, 0.717) is 17.3 Å². The number of nitrogens with zero attached hydrogens (tertiary/aromatic N) is 1. The number of aryl methyl sites for hydroxylation is 1. The fourth-order valence-corrected chi connectivity index (χ4v) is 3.54. The van der Waals surface area contributed by atoms with E-state index in [0.717, 1.165) is 37.1 Å². The number of carbonyl (C=O) groups excluding carboxylic acids is 2.